The molecule has 0 aliphatic heterocycles. The zero-order chi connectivity index (χ0) is 7.78. The van der Waals surface area contributed by atoms with E-state index >= 15 is 0 Å². The van der Waals surface area contributed by atoms with Crippen molar-refractivity contribution in [3.8, 4) is 0 Å². The molecule has 1 rings (SSSR count). The Morgan fingerprint density at radius 2 is 2.30 bits per heavy atom. The van der Waals surface area contributed by atoms with Crippen LogP contribution >= 0.6 is 45.2 Å². The highest BCUT2D eigenvalue weighted by Gasteiger charge is 2.55. The van der Waals surface area contributed by atoms with Crippen molar-refractivity contribution in [2.45, 2.75) is 14.8 Å². The first kappa shape index (κ1) is 9.02. The van der Waals surface area contributed by atoms with Gasteiger partial charge in [0.25, 0.3) is 0 Å². The van der Waals surface area contributed by atoms with Gasteiger partial charge in [0.2, 0.25) is 0 Å². The van der Waals surface area contributed by atoms with Crippen molar-refractivity contribution in [3.63, 3.8) is 0 Å². The highest BCUT2D eigenvalue weighted by molar-refractivity contribution is 14.2. The van der Waals surface area contributed by atoms with Gasteiger partial charge in [0.1, 0.15) is 0 Å². The number of hydrogen-bond donors (Lipinski definition) is 0. The van der Waals surface area contributed by atoms with Crippen molar-refractivity contribution in [2.75, 3.05) is 6.61 Å². The average molecular weight is 366 g/mol. The second kappa shape index (κ2) is 3.12. The predicted molar refractivity (Wildman–Crippen MR) is 55.5 cm³/mol. The first-order valence-electron chi connectivity index (χ1n) is 3.12. The molecular formula is C6H8I2O2. The van der Waals surface area contributed by atoms with Crippen molar-refractivity contribution >= 4 is 51.2 Å². The number of carbonyl (C=O) groups is 1. The molecule has 2 nitrogen and oxygen atoms in total. The lowest BCUT2D eigenvalue weighted by molar-refractivity contribution is -0.144. The topological polar surface area (TPSA) is 26.3 Å². The average Bonchev–Trinajstić information content (AvgIpc) is 2.41. The summed E-state index contributed by atoms with van der Waals surface area (Å²) in [5.41, 5.74) is 0. The van der Waals surface area contributed by atoms with Crippen LogP contribution in [0.25, 0.3) is 0 Å². The summed E-state index contributed by atoms with van der Waals surface area (Å²) in [5, 5.41) is 0. The van der Waals surface area contributed by atoms with Crippen LogP contribution in [0.4, 0.5) is 0 Å². The molecule has 1 atom stereocenters. The molecule has 0 N–H and O–H groups in total. The zero-order valence-corrected chi connectivity index (χ0v) is 9.88. The monoisotopic (exact) mass is 366 g/mol. The molecule has 0 saturated heterocycles. The lowest BCUT2D eigenvalue weighted by Gasteiger charge is -1.99. The highest BCUT2D eigenvalue weighted by Crippen LogP contribution is 2.57. The maximum absolute atomic E-state index is 11.0. The number of rotatable bonds is 2. The third kappa shape index (κ3) is 1.96. The first-order valence-corrected chi connectivity index (χ1v) is 5.28. The lowest BCUT2D eigenvalue weighted by Crippen LogP contribution is -2.09. The van der Waals surface area contributed by atoms with Gasteiger partial charge in [-0.1, -0.05) is 45.2 Å². The molecule has 10 heavy (non-hydrogen) atoms. The van der Waals surface area contributed by atoms with Crippen molar-refractivity contribution in [3.05, 3.63) is 0 Å². The Morgan fingerprint density at radius 1 is 1.80 bits per heavy atom. The molecule has 0 spiro atoms. The van der Waals surface area contributed by atoms with Gasteiger partial charge >= 0.3 is 5.97 Å². The third-order valence-electron chi connectivity index (χ3n) is 1.40. The van der Waals surface area contributed by atoms with Crippen LogP contribution < -0.4 is 0 Å². The first-order chi connectivity index (χ1) is 4.58. The third-order valence-corrected chi connectivity index (χ3v) is 3.78. The molecule has 0 aromatic heterocycles. The van der Waals surface area contributed by atoms with Gasteiger partial charge in [-0.3, -0.25) is 4.79 Å². The summed E-state index contributed by atoms with van der Waals surface area (Å²) in [4.78, 5) is 11.0. The maximum atomic E-state index is 11.0. The number of alkyl halides is 2. The van der Waals surface area contributed by atoms with Crippen LogP contribution in [0.2, 0.25) is 0 Å². The maximum Gasteiger partial charge on any atom is 0.311 e. The van der Waals surface area contributed by atoms with Crippen LogP contribution in [0.1, 0.15) is 13.3 Å². The van der Waals surface area contributed by atoms with Gasteiger partial charge in [-0.2, -0.15) is 0 Å². The molecule has 0 bridgehead atoms. The summed E-state index contributed by atoms with van der Waals surface area (Å²) >= 11 is 4.58. The molecule has 0 amide bonds. The minimum Gasteiger partial charge on any atom is -0.466 e. The summed E-state index contributed by atoms with van der Waals surface area (Å²) in [6.45, 7) is 2.33. The molecule has 0 unspecified atom stereocenters. The Kier molecular flexibility index (Phi) is 2.82. The highest BCUT2D eigenvalue weighted by atomic mass is 127. The molecular weight excluding hydrogens is 358 g/mol. The summed E-state index contributed by atoms with van der Waals surface area (Å²) < 4.78 is 5.01. The Morgan fingerprint density at radius 3 is 2.60 bits per heavy atom. The molecule has 0 heterocycles. The van der Waals surface area contributed by atoms with Gasteiger partial charge in [0.15, 0.2) is 0 Å². The van der Waals surface area contributed by atoms with Gasteiger partial charge in [0, 0.05) is 0 Å². The Balaban J connectivity index is 2.33. The molecule has 0 aromatic rings. The van der Waals surface area contributed by atoms with Crippen molar-refractivity contribution < 1.29 is 9.53 Å². The van der Waals surface area contributed by atoms with E-state index in [1.54, 1.807) is 0 Å². The van der Waals surface area contributed by atoms with Crippen LogP contribution in [0.3, 0.4) is 0 Å². The summed E-state index contributed by atoms with van der Waals surface area (Å²) in [6, 6.07) is 0. The molecule has 1 fully saturated rings. The minimum atomic E-state index is -0.0358. The molecule has 0 aromatic carbocycles. The quantitative estimate of drug-likeness (QED) is 0.426. The Labute approximate surface area is 87.4 Å². The van der Waals surface area contributed by atoms with E-state index in [1.165, 1.54) is 0 Å². The van der Waals surface area contributed by atoms with Gasteiger partial charge < -0.3 is 4.74 Å². The van der Waals surface area contributed by atoms with Crippen molar-refractivity contribution in [2.24, 2.45) is 5.92 Å². The van der Waals surface area contributed by atoms with Crippen LogP contribution in [0, 0.1) is 5.92 Å². The molecule has 1 saturated carbocycles. The second-order valence-corrected chi connectivity index (χ2v) is 8.18. The second-order valence-electron chi connectivity index (χ2n) is 2.27. The van der Waals surface area contributed by atoms with Gasteiger partial charge in [0.05, 0.1) is 14.0 Å². The lowest BCUT2D eigenvalue weighted by atomic mass is 10.4. The fourth-order valence-electron chi connectivity index (χ4n) is 0.712. The van der Waals surface area contributed by atoms with Crippen LogP contribution in [0.5, 0.6) is 0 Å². The fourth-order valence-corrected chi connectivity index (χ4v) is 2.10. The van der Waals surface area contributed by atoms with E-state index in [0.717, 1.165) is 6.42 Å². The van der Waals surface area contributed by atoms with E-state index < -0.39 is 0 Å². The Hall–Kier alpha value is 0.930. The standard InChI is InChI=1S/C6H8I2O2/c1-2-10-5(9)4-3-6(4,7)8/h4H,2-3H2,1H3/t4-/m1/s1. The zero-order valence-electron chi connectivity index (χ0n) is 5.56. The van der Waals surface area contributed by atoms with E-state index in [-0.39, 0.29) is 13.3 Å². The molecule has 4 heteroatoms. The van der Waals surface area contributed by atoms with Crippen molar-refractivity contribution in [1.82, 2.24) is 0 Å². The number of ether oxygens (including phenoxy) is 1. The van der Waals surface area contributed by atoms with E-state index in [1.807, 2.05) is 6.92 Å². The van der Waals surface area contributed by atoms with Gasteiger partial charge in [-0.25, -0.2) is 0 Å². The van der Waals surface area contributed by atoms with Crippen LogP contribution in [0.15, 0.2) is 0 Å². The Bertz CT molecular complexity index is 156. The van der Waals surface area contributed by atoms with E-state index in [4.69, 9.17) is 4.74 Å². The SMILES string of the molecule is CCOC(=O)[C@H]1CC1(I)I. The summed E-state index contributed by atoms with van der Waals surface area (Å²) in [5.74, 6) is 0.111. The molecule has 1 aliphatic rings. The van der Waals surface area contributed by atoms with E-state index in [9.17, 15) is 4.79 Å². The summed E-state index contributed by atoms with van der Waals surface area (Å²) in [6.07, 6.45) is 0.965. The van der Waals surface area contributed by atoms with Gasteiger partial charge in [-0.05, 0) is 13.3 Å². The van der Waals surface area contributed by atoms with Crippen LogP contribution in [-0.2, 0) is 9.53 Å². The summed E-state index contributed by atoms with van der Waals surface area (Å²) in [7, 11) is 0. The predicted octanol–water partition coefficient (Wildman–Crippen LogP) is 2.14. The van der Waals surface area contributed by atoms with Crippen molar-refractivity contribution in [1.29, 1.82) is 0 Å². The fraction of sp³-hybridized carbons (Fsp3) is 0.833. The van der Waals surface area contributed by atoms with Crippen LogP contribution in [-0.4, -0.2) is 14.0 Å². The molecule has 1 aliphatic carbocycles. The largest absolute Gasteiger partial charge is 0.466 e. The van der Waals surface area contributed by atoms with E-state index in [0.29, 0.717) is 6.61 Å². The van der Waals surface area contributed by atoms with E-state index in [2.05, 4.69) is 45.2 Å². The number of hydrogen-bond acceptors (Lipinski definition) is 2. The van der Waals surface area contributed by atoms with Gasteiger partial charge in [-0.15, -0.1) is 0 Å². The smallest absolute Gasteiger partial charge is 0.311 e. The number of esters is 1. The normalized spacial score (nSPS) is 27.7. The number of carbonyl (C=O) groups excluding carboxylic acids is 1. The number of halogens is 2. The minimum absolute atomic E-state index is 0.0358. The molecule has 58 valence electrons. The molecule has 0 radical (unpaired) electrons.